The van der Waals surface area contributed by atoms with E-state index >= 15 is 0 Å². The molecule has 0 aromatic carbocycles. The lowest BCUT2D eigenvalue weighted by Crippen LogP contribution is -2.56. The Kier molecular flexibility index (Phi) is 47.9. The molecule has 0 bridgehead atoms. The second-order valence-corrected chi connectivity index (χ2v) is 19.0. The Hall–Kier alpha value is -8.24. The second-order valence-electron chi connectivity index (χ2n) is 19.0. The molecule has 7 N–H and O–H groups in total. The monoisotopic (exact) mass is 1210 g/mol. The highest BCUT2D eigenvalue weighted by molar-refractivity contribution is 5.84. The lowest BCUT2D eigenvalue weighted by molar-refractivity contribution is -0.145. The summed E-state index contributed by atoms with van der Waals surface area (Å²) in [4.78, 5) is 136. The molecule has 7 amide bonds. The van der Waals surface area contributed by atoms with Gasteiger partial charge in [-0.2, -0.15) is 0 Å². The maximum Gasteiger partial charge on any atom is 0.330 e. The van der Waals surface area contributed by atoms with Crippen molar-refractivity contribution in [2.45, 2.75) is 110 Å². The number of amides is 7. The van der Waals surface area contributed by atoms with E-state index in [1.807, 2.05) is 0 Å². The number of carbonyl (C=O) groups is 12. The molecular formula is C57H91N7O21. The Morgan fingerprint density at radius 3 is 0.894 bits per heavy atom. The third-order valence-corrected chi connectivity index (χ3v) is 10.3. The SMILES string of the molecule is C=CC(=O)OCC(C)(COC(=O)C=C)NC(=O)NCCCCCCCC(C)=O.C=CC(=O)OCC(C)(COC(=O)C=C)NC(=O)NCCOCCNC(C)=O.C=CC(=O)OCC(C)(COC(=O)C=C)NC(=O)NCCOCCOCCCC(C)=O. The molecule has 0 aliphatic heterocycles. The number of esters is 6. The van der Waals surface area contributed by atoms with Crippen molar-refractivity contribution >= 4 is 71.4 Å². The van der Waals surface area contributed by atoms with Crippen molar-refractivity contribution in [2.24, 2.45) is 0 Å². The fourth-order valence-electron chi connectivity index (χ4n) is 5.88. The number of urea groups is 3. The highest BCUT2D eigenvalue weighted by atomic mass is 16.6. The number of carbonyl (C=O) groups excluding carboxylic acids is 12. The number of hydrogen-bond acceptors (Lipinski definition) is 21. The molecule has 0 radical (unpaired) electrons. The molecule has 28 nitrogen and oxygen atoms in total. The molecule has 0 fully saturated rings. The average Bonchev–Trinajstić information content (AvgIpc) is 3.49. The van der Waals surface area contributed by atoms with Crippen LogP contribution in [0.2, 0.25) is 0 Å². The summed E-state index contributed by atoms with van der Waals surface area (Å²) in [5.74, 6) is -3.79. The van der Waals surface area contributed by atoms with E-state index in [0.717, 1.165) is 68.6 Å². The first-order valence-electron chi connectivity index (χ1n) is 27.1. The summed E-state index contributed by atoms with van der Waals surface area (Å²) >= 11 is 0. The van der Waals surface area contributed by atoms with Crippen LogP contribution in [0.1, 0.15) is 92.9 Å². The van der Waals surface area contributed by atoms with E-state index in [1.165, 1.54) is 13.8 Å². The van der Waals surface area contributed by atoms with Crippen molar-refractivity contribution in [1.82, 2.24) is 37.2 Å². The van der Waals surface area contributed by atoms with Gasteiger partial charge in [0.1, 0.15) is 67.8 Å². The third-order valence-electron chi connectivity index (χ3n) is 10.3. The minimum absolute atomic E-state index is 0.132. The van der Waals surface area contributed by atoms with Gasteiger partial charge in [0.2, 0.25) is 5.91 Å². The van der Waals surface area contributed by atoms with Crippen LogP contribution in [0.15, 0.2) is 75.9 Å². The maximum absolute atomic E-state index is 12.1. The van der Waals surface area contributed by atoms with Gasteiger partial charge in [-0.15, -0.1) is 0 Å². The van der Waals surface area contributed by atoms with Gasteiger partial charge in [0.25, 0.3) is 0 Å². The number of Topliss-reactive ketones (excluding diaryl/α,β-unsaturated/α-hetero) is 2. The molecule has 0 unspecified atom stereocenters. The van der Waals surface area contributed by atoms with Crippen LogP contribution in [0.5, 0.6) is 0 Å². The largest absolute Gasteiger partial charge is 0.460 e. The molecule has 28 heteroatoms. The van der Waals surface area contributed by atoms with Crippen LogP contribution in [0.25, 0.3) is 0 Å². The zero-order chi connectivity index (χ0) is 65.0. The smallest absolute Gasteiger partial charge is 0.330 e. The van der Waals surface area contributed by atoms with Crippen LogP contribution in [0.4, 0.5) is 14.4 Å². The summed E-state index contributed by atoms with van der Waals surface area (Å²) in [6, 6.07) is -1.57. The fraction of sp³-hybridized carbons (Fsp3) is 0.579. The van der Waals surface area contributed by atoms with Crippen molar-refractivity contribution in [3.05, 3.63) is 75.9 Å². The zero-order valence-electron chi connectivity index (χ0n) is 50.3. The van der Waals surface area contributed by atoms with Gasteiger partial charge >= 0.3 is 53.9 Å². The van der Waals surface area contributed by atoms with Crippen molar-refractivity contribution in [2.75, 3.05) is 105 Å². The molecule has 0 heterocycles. The van der Waals surface area contributed by atoms with E-state index in [9.17, 15) is 57.5 Å². The molecule has 480 valence electrons. The molecule has 0 aliphatic carbocycles. The molecular weight excluding hydrogens is 1120 g/mol. The number of nitrogens with one attached hydrogen (secondary N) is 7. The van der Waals surface area contributed by atoms with Crippen molar-refractivity contribution in [3.63, 3.8) is 0 Å². The Balaban J connectivity index is -0.00000119. The summed E-state index contributed by atoms with van der Waals surface area (Å²) in [5, 5.41) is 18.3. The van der Waals surface area contributed by atoms with Crippen LogP contribution in [-0.4, -0.2) is 193 Å². The lowest BCUT2D eigenvalue weighted by Gasteiger charge is -2.29. The van der Waals surface area contributed by atoms with Crippen LogP contribution in [0, 0.1) is 0 Å². The first-order valence-corrected chi connectivity index (χ1v) is 27.1. The van der Waals surface area contributed by atoms with Gasteiger partial charge in [-0.25, -0.2) is 43.2 Å². The van der Waals surface area contributed by atoms with Crippen LogP contribution in [-0.2, 0) is 85.8 Å². The van der Waals surface area contributed by atoms with E-state index in [-0.39, 0.29) is 83.4 Å². The van der Waals surface area contributed by atoms with Gasteiger partial charge in [0.15, 0.2) is 0 Å². The van der Waals surface area contributed by atoms with E-state index < -0.39 is 70.5 Å². The fourth-order valence-corrected chi connectivity index (χ4v) is 5.88. The van der Waals surface area contributed by atoms with Crippen LogP contribution >= 0.6 is 0 Å². The average molecular weight is 1210 g/mol. The summed E-state index contributed by atoms with van der Waals surface area (Å²) in [5.41, 5.74) is -3.42. The van der Waals surface area contributed by atoms with Crippen molar-refractivity contribution in [3.8, 4) is 0 Å². The normalized spacial score (nSPS) is 10.5. The summed E-state index contributed by atoms with van der Waals surface area (Å²) in [7, 11) is 0. The Bertz CT molecular complexity index is 2100. The first kappa shape index (κ1) is 81.0. The molecule has 0 rings (SSSR count). The van der Waals surface area contributed by atoms with Crippen molar-refractivity contribution < 1.29 is 100 Å². The summed E-state index contributed by atoms with van der Waals surface area (Å²) < 4.78 is 45.6. The molecule has 0 aliphatic rings. The lowest BCUT2D eigenvalue weighted by atomic mass is 10.1. The van der Waals surface area contributed by atoms with E-state index in [1.54, 1.807) is 27.7 Å². The highest BCUT2D eigenvalue weighted by Gasteiger charge is 2.32. The van der Waals surface area contributed by atoms with Gasteiger partial charge in [-0.05, 0) is 53.9 Å². The van der Waals surface area contributed by atoms with E-state index in [4.69, 9.17) is 42.6 Å². The number of ether oxygens (including phenoxy) is 9. The molecule has 0 aromatic heterocycles. The molecule has 0 spiro atoms. The number of ketones is 2. The number of rotatable bonds is 45. The predicted octanol–water partition coefficient (Wildman–Crippen LogP) is 2.99. The van der Waals surface area contributed by atoms with Crippen molar-refractivity contribution in [1.29, 1.82) is 0 Å². The van der Waals surface area contributed by atoms with Gasteiger partial charge in [-0.3, -0.25) is 4.79 Å². The van der Waals surface area contributed by atoms with Gasteiger partial charge in [0, 0.05) is 89.0 Å². The quantitative estimate of drug-likeness (QED) is 0.0199. The minimum Gasteiger partial charge on any atom is -0.460 e. The maximum atomic E-state index is 12.1. The molecule has 0 saturated carbocycles. The van der Waals surface area contributed by atoms with E-state index in [2.05, 4.69) is 76.7 Å². The minimum atomic E-state index is -1.16. The van der Waals surface area contributed by atoms with Crippen LogP contribution in [0.3, 0.4) is 0 Å². The molecule has 0 aromatic rings. The molecule has 0 atom stereocenters. The van der Waals surface area contributed by atoms with E-state index in [0.29, 0.717) is 58.8 Å². The number of hydrogen-bond donors (Lipinski definition) is 7. The molecule has 0 saturated heterocycles. The van der Waals surface area contributed by atoms with Crippen LogP contribution < -0.4 is 37.2 Å². The zero-order valence-corrected chi connectivity index (χ0v) is 50.3. The standard InChI is InChI=1S/C20H32N2O8.C20H32N2O6.C17H27N3O7/c1-5-17(24)29-14-20(4,15-30-18(25)6-2)22-19(26)21-9-11-28-13-12-27-10-7-8-16(3)23;1-5-17(24)27-14-20(4,15-28-18(25)6-2)22-19(26)21-13-11-9-7-8-10-12-16(3)23;1-5-14(22)26-11-17(4,12-27-15(23)6-2)20-16(24)19-8-10-25-9-7-18-13(3)21/h5-6H,1-2,7-15H2,3-4H3,(H2,21,22,26);5-6H,1-2,7-15H2,3-4H3,(H2,21,22,26);5-6H,1-2,7-12H2,3-4H3,(H,18,21)(H2,19,20,24). The highest BCUT2D eigenvalue weighted by Crippen LogP contribution is 2.10. The second kappa shape index (κ2) is 50.3. The number of unbranched alkanes of at least 4 members (excludes halogenated alkanes) is 4. The summed E-state index contributed by atoms with van der Waals surface area (Å²) in [6.45, 7) is 31.0. The summed E-state index contributed by atoms with van der Waals surface area (Å²) in [6.07, 6.45) is 12.4. The predicted molar refractivity (Wildman–Crippen MR) is 311 cm³/mol. The van der Waals surface area contributed by atoms with Gasteiger partial charge < -0.3 is 89.4 Å². The Morgan fingerprint density at radius 2 is 0.588 bits per heavy atom. The van der Waals surface area contributed by atoms with Gasteiger partial charge in [-0.1, -0.05) is 58.7 Å². The first-order chi connectivity index (χ1) is 40.2. The topological polar surface area (TPSA) is 372 Å². The Morgan fingerprint density at radius 1 is 0.329 bits per heavy atom. The third kappa shape index (κ3) is 52.3. The Labute approximate surface area is 498 Å². The molecule has 85 heavy (non-hydrogen) atoms. The van der Waals surface area contributed by atoms with Gasteiger partial charge in [0.05, 0.1) is 33.0 Å².